The predicted octanol–water partition coefficient (Wildman–Crippen LogP) is 3.82. The molecule has 0 aliphatic carbocycles. The molecule has 0 aromatic heterocycles. The highest BCUT2D eigenvalue weighted by atomic mass is 35.5. The van der Waals surface area contributed by atoms with E-state index in [2.05, 4.69) is 20.4 Å². The normalized spacial score (nSPS) is 16.9. The molecule has 2 aromatic rings. The van der Waals surface area contributed by atoms with Crippen LogP contribution < -0.4 is 21.1 Å². The summed E-state index contributed by atoms with van der Waals surface area (Å²) in [6.07, 6.45) is 2.93. The lowest BCUT2D eigenvalue weighted by Gasteiger charge is -2.36. The van der Waals surface area contributed by atoms with E-state index in [1.54, 1.807) is 24.4 Å². The number of hydrogen-bond donors (Lipinski definition) is 4. The van der Waals surface area contributed by atoms with E-state index >= 15 is 0 Å². The van der Waals surface area contributed by atoms with Gasteiger partial charge in [0.1, 0.15) is 5.75 Å². The Morgan fingerprint density at radius 2 is 2.08 bits per heavy atom. The van der Waals surface area contributed by atoms with Gasteiger partial charge < -0.3 is 26.1 Å². The lowest BCUT2D eigenvalue weighted by Crippen LogP contribution is -2.56. The molecule has 0 spiro atoms. The van der Waals surface area contributed by atoms with Crippen LogP contribution in [0.3, 0.4) is 0 Å². The van der Waals surface area contributed by atoms with E-state index < -0.39 is 18.7 Å². The van der Waals surface area contributed by atoms with Gasteiger partial charge in [-0.15, -0.1) is 0 Å². The van der Waals surface area contributed by atoms with Crippen LogP contribution in [0.5, 0.6) is 5.75 Å². The number of nitrogens with one attached hydrogen (secondary N) is 3. The van der Waals surface area contributed by atoms with Gasteiger partial charge in [-0.05, 0) is 42.7 Å². The molecule has 9 nitrogen and oxygen atoms in total. The lowest BCUT2D eigenvalue weighted by molar-refractivity contribution is -0.135. The van der Waals surface area contributed by atoms with Crippen LogP contribution in [-0.2, 0) is 4.79 Å². The van der Waals surface area contributed by atoms with Crippen molar-refractivity contribution >= 4 is 46.5 Å². The molecule has 1 fully saturated rings. The molecule has 36 heavy (non-hydrogen) atoms. The molecule has 0 radical (unpaired) electrons. The fraction of sp³-hybridized carbons (Fsp3) is 0.304. The molecule has 1 saturated heterocycles. The summed E-state index contributed by atoms with van der Waals surface area (Å²) in [4.78, 5) is 18.7. The van der Waals surface area contributed by atoms with Crippen LogP contribution in [0, 0.1) is 16.9 Å². The Balaban J connectivity index is 1.89. The molecule has 1 amide bonds. The lowest BCUT2D eigenvalue weighted by atomic mass is 9.97. The van der Waals surface area contributed by atoms with Crippen molar-refractivity contribution in [3.05, 3.63) is 58.1 Å². The smallest absolute Gasteiger partial charge is 0.387 e. The number of nitrogens with zero attached hydrogens (tertiary/aromatic N) is 3. The first-order valence-electron chi connectivity index (χ1n) is 10.8. The number of carbonyl (C=O) groups excluding carboxylic acids is 1. The number of likely N-dealkylation sites (tertiary alicyclic amines) is 1. The number of benzene rings is 2. The Bertz CT molecular complexity index is 1190. The maximum Gasteiger partial charge on any atom is 0.387 e. The zero-order chi connectivity index (χ0) is 26.2. The van der Waals surface area contributed by atoms with E-state index in [9.17, 15) is 13.6 Å². The molecule has 0 saturated carbocycles. The Kier molecular flexibility index (Phi) is 9.41. The van der Waals surface area contributed by atoms with E-state index in [-0.39, 0.29) is 34.9 Å². The highest BCUT2D eigenvalue weighted by molar-refractivity contribution is 6.42. The van der Waals surface area contributed by atoms with Gasteiger partial charge in [-0.2, -0.15) is 14.0 Å². The second-order valence-corrected chi connectivity index (χ2v) is 8.61. The van der Waals surface area contributed by atoms with E-state index in [4.69, 9.17) is 39.6 Å². The van der Waals surface area contributed by atoms with Crippen molar-refractivity contribution in [2.75, 3.05) is 18.4 Å². The molecule has 2 atom stereocenters. The first-order valence-corrected chi connectivity index (χ1v) is 11.6. The third-order valence-corrected chi connectivity index (χ3v) is 6.11. The highest BCUT2D eigenvalue weighted by Crippen LogP contribution is 2.25. The summed E-state index contributed by atoms with van der Waals surface area (Å²) in [6.45, 7) is -2.73. The van der Waals surface area contributed by atoms with E-state index in [1.807, 2.05) is 0 Å². The second kappa shape index (κ2) is 12.5. The monoisotopic (exact) mass is 537 g/mol. The van der Waals surface area contributed by atoms with Gasteiger partial charge >= 0.3 is 6.61 Å². The summed E-state index contributed by atoms with van der Waals surface area (Å²) >= 11 is 12.1. The van der Waals surface area contributed by atoms with Crippen molar-refractivity contribution in [1.29, 1.82) is 10.7 Å². The van der Waals surface area contributed by atoms with Crippen molar-refractivity contribution in [3.63, 3.8) is 0 Å². The Hall–Kier alpha value is -3.46. The minimum Gasteiger partial charge on any atom is -0.435 e. The largest absolute Gasteiger partial charge is 0.435 e. The molecule has 1 aliphatic rings. The molecule has 1 aliphatic heterocycles. The Labute approximate surface area is 216 Å². The maximum absolute atomic E-state index is 12.9. The molecule has 13 heteroatoms. The average Bonchev–Trinajstić information content (AvgIpc) is 2.83. The fourth-order valence-corrected chi connectivity index (χ4v) is 3.97. The number of alkyl halides is 2. The second-order valence-electron chi connectivity index (χ2n) is 7.80. The van der Waals surface area contributed by atoms with Crippen molar-refractivity contribution < 1.29 is 18.3 Å². The topological polar surface area (TPSA) is 140 Å². The third-order valence-electron chi connectivity index (χ3n) is 5.37. The minimum atomic E-state index is -2.99. The Morgan fingerprint density at radius 1 is 1.31 bits per heavy atom. The number of rotatable bonds is 8. The fourth-order valence-electron chi connectivity index (χ4n) is 3.67. The SMILES string of the molecule is N#CNC(=NCC(C(=N)c1ccc(Cl)c(Cl)c1)N1CCCC(N)C1=O)Nc1cccc(OC(F)F)c1. The number of guanidine groups is 1. The summed E-state index contributed by atoms with van der Waals surface area (Å²) in [5.41, 5.74) is 6.80. The van der Waals surface area contributed by atoms with E-state index in [1.165, 1.54) is 29.2 Å². The molecule has 1 heterocycles. The van der Waals surface area contributed by atoms with Crippen LogP contribution in [0.15, 0.2) is 47.5 Å². The van der Waals surface area contributed by atoms with Gasteiger partial charge in [-0.1, -0.05) is 35.3 Å². The number of nitriles is 1. The third kappa shape index (κ3) is 7.04. The van der Waals surface area contributed by atoms with Crippen LogP contribution in [0.2, 0.25) is 10.0 Å². The van der Waals surface area contributed by atoms with Gasteiger partial charge in [0.15, 0.2) is 6.19 Å². The predicted molar refractivity (Wildman–Crippen MR) is 134 cm³/mol. The van der Waals surface area contributed by atoms with Crippen molar-refractivity contribution in [2.24, 2.45) is 10.7 Å². The van der Waals surface area contributed by atoms with Crippen molar-refractivity contribution in [3.8, 4) is 11.9 Å². The van der Waals surface area contributed by atoms with Crippen molar-refractivity contribution in [2.45, 2.75) is 31.5 Å². The Morgan fingerprint density at radius 3 is 2.78 bits per heavy atom. The molecule has 0 bridgehead atoms. The summed E-state index contributed by atoms with van der Waals surface area (Å²) in [5.74, 6) is -0.420. The van der Waals surface area contributed by atoms with E-state index in [0.29, 0.717) is 35.7 Å². The number of nitrogens with two attached hydrogens (primary N) is 1. The molecule has 190 valence electrons. The number of piperidine rings is 1. The summed E-state index contributed by atoms with van der Waals surface area (Å²) in [6, 6.07) is 8.88. The zero-order valence-electron chi connectivity index (χ0n) is 18.8. The van der Waals surface area contributed by atoms with Gasteiger partial charge in [0.05, 0.1) is 34.4 Å². The zero-order valence-corrected chi connectivity index (χ0v) is 20.4. The first-order chi connectivity index (χ1) is 17.2. The molecule has 3 rings (SSSR count). The van der Waals surface area contributed by atoms with Crippen LogP contribution in [-0.4, -0.2) is 54.3 Å². The van der Waals surface area contributed by atoms with Gasteiger partial charge in [0.25, 0.3) is 0 Å². The van der Waals surface area contributed by atoms with Crippen LogP contribution in [0.25, 0.3) is 0 Å². The van der Waals surface area contributed by atoms with E-state index in [0.717, 1.165) is 0 Å². The highest BCUT2D eigenvalue weighted by Gasteiger charge is 2.34. The van der Waals surface area contributed by atoms with Gasteiger partial charge in [-0.25, -0.2) is 4.99 Å². The number of aliphatic imine (C=N–C) groups is 1. The molecule has 5 N–H and O–H groups in total. The molecule has 2 aromatic carbocycles. The standard InChI is InChI=1S/C23H23Cl2F2N7O2/c24-16-7-6-13(9-17(16)25)20(30)19(34-8-2-5-18(29)21(34)35)11-31-23(32-12-28)33-14-3-1-4-15(10-14)36-22(26)27/h1,3-4,6-7,9-10,18-19,22,30H,2,5,8,11,29H2,(H2,31,32,33). The summed E-state index contributed by atoms with van der Waals surface area (Å²) in [5, 5.41) is 23.8. The minimum absolute atomic E-state index is 0.0209. The number of ether oxygens (including phenoxy) is 1. The van der Waals surface area contributed by atoms with Gasteiger partial charge in [-0.3, -0.25) is 10.1 Å². The number of halogens is 4. The van der Waals surface area contributed by atoms with Gasteiger partial charge in [0.2, 0.25) is 11.9 Å². The molecular weight excluding hydrogens is 515 g/mol. The van der Waals surface area contributed by atoms with Crippen LogP contribution >= 0.6 is 23.2 Å². The molecule has 2 unspecified atom stereocenters. The summed E-state index contributed by atoms with van der Waals surface area (Å²) in [7, 11) is 0. The molecular formula is C23H23Cl2F2N7O2. The van der Waals surface area contributed by atoms with Crippen LogP contribution in [0.1, 0.15) is 18.4 Å². The number of hydrogen-bond acceptors (Lipinski definition) is 6. The number of carbonyl (C=O) groups is 1. The van der Waals surface area contributed by atoms with Crippen LogP contribution in [0.4, 0.5) is 14.5 Å². The summed E-state index contributed by atoms with van der Waals surface area (Å²) < 4.78 is 29.5. The quantitative estimate of drug-likeness (QED) is 0.174. The first kappa shape index (κ1) is 27.1. The number of amides is 1. The number of anilines is 1. The van der Waals surface area contributed by atoms with Crippen molar-refractivity contribution in [1.82, 2.24) is 10.2 Å². The maximum atomic E-state index is 12.9. The average molecular weight is 538 g/mol. The van der Waals surface area contributed by atoms with Gasteiger partial charge in [0, 0.05) is 18.3 Å².